The summed E-state index contributed by atoms with van der Waals surface area (Å²) in [6.45, 7) is 1.43. The molecule has 1 atom stereocenters. The molecule has 1 aromatic rings. The standard InChI is InChI=1S/C10H11BrN2OS/c1-6(14)13-9(10(12)15)7-2-4-8(11)5-3-7/h2-5,9H,1H3,(H2,12,15)(H,13,14). The lowest BCUT2D eigenvalue weighted by molar-refractivity contribution is -0.119. The number of nitrogens with one attached hydrogen (secondary N) is 1. The molecule has 0 saturated carbocycles. The molecule has 0 bridgehead atoms. The van der Waals surface area contributed by atoms with Gasteiger partial charge in [0, 0.05) is 11.4 Å². The Labute approximate surface area is 102 Å². The summed E-state index contributed by atoms with van der Waals surface area (Å²) in [6.07, 6.45) is 0. The molecule has 0 fully saturated rings. The molecule has 5 heteroatoms. The summed E-state index contributed by atoms with van der Waals surface area (Å²) in [5, 5.41) is 2.69. The zero-order valence-corrected chi connectivity index (χ0v) is 10.6. The first-order valence-corrected chi connectivity index (χ1v) is 5.52. The van der Waals surface area contributed by atoms with Crippen LogP contribution in [0.4, 0.5) is 0 Å². The number of carbonyl (C=O) groups excluding carboxylic acids is 1. The van der Waals surface area contributed by atoms with E-state index < -0.39 is 6.04 Å². The number of carbonyl (C=O) groups is 1. The van der Waals surface area contributed by atoms with Gasteiger partial charge in [0.1, 0.15) is 11.0 Å². The maximum atomic E-state index is 11.0. The lowest BCUT2D eigenvalue weighted by atomic mass is 10.1. The number of thiocarbonyl (C=S) groups is 1. The average Bonchev–Trinajstić information content (AvgIpc) is 2.15. The van der Waals surface area contributed by atoms with Crippen molar-refractivity contribution < 1.29 is 4.79 Å². The Kier molecular flexibility index (Phi) is 4.23. The number of nitrogens with two attached hydrogens (primary N) is 1. The van der Waals surface area contributed by atoms with Crippen molar-refractivity contribution in [3.05, 3.63) is 34.3 Å². The van der Waals surface area contributed by atoms with Gasteiger partial charge in [0.15, 0.2) is 0 Å². The summed E-state index contributed by atoms with van der Waals surface area (Å²) >= 11 is 8.23. The molecule has 0 spiro atoms. The van der Waals surface area contributed by atoms with Gasteiger partial charge in [-0.05, 0) is 17.7 Å². The summed E-state index contributed by atoms with van der Waals surface area (Å²) in [6, 6.07) is 7.09. The fraction of sp³-hybridized carbons (Fsp3) is 0.200. The molecule has 3 N–H and O–H groups in total. The highest BCUT2D eigenvalue weighted by Crippen LogP contribution is 2.17. The van der Waals surface area contributed by atoms with Crippen molar-refractivity contribution in [2.45, 2.75) is 13.0 Å². The van der Waals surface area contributed by atoms with E-state index in [4.69, 9.17) is 18.0 Å². The van der Waals surface area contributed by atoms with Crippen molar-refractivity contribution in [3.63, 3.8) is 0 Å². The molecule has 0 heterocycles. The van der Waals surface area contributed by atoms with Gasteiger partial charge in [0.2, 0.25) is 5.91 Å². The first-order valence-electron chi connectivity index (χ1n) is 4.32. The lowest BCUT2D eigenvalue weighted by Crippen LogP contribution is -2.35. The molecule has 3 nitrogen and oxygen atoms in total. The highest BCUT2D eigenvalue weighted by molar-refractivity contribution is 9.10. The van der Waals surface area contributed by atoms with E-state index in [1.54, 1.807) is 0 Å². The van der Waals surface area contributed by atoms with Gasteiger partial charge in [-0.15, -0.1) is 0 Å². The second-order valence-corrected chi connectivity index (χ2v) is 4.47. The molecule has 0 saturated heterocycles. The van der Waals surface area contributed by atoms with Gasteiger partial charge in [-0.25, -0.2) is 0 Å². The Morgan fingerprint density at radius 1 is 1.47 bits per heavy atom. The quantitative estimate of drug-likeness (QED) is 0.835. The second-order valence-electron chi connectivity index (χ2n) is 3.09. The Hall–Kier alpha value is -0.940. The predicted molar refractivity (Wildman–Crippen MR) is 67.5 cm³/mol. The van der Waals surface area contributed by atoms with Crippen LogP contribution in [0.25, 0.3) is 0 Å². The van der Waals surface area contributed by atoms with Crippen molar-refractivity contribution in [2.24, 2.45) is 5.73 Å². The SMILES string of the molecule is CC(=O)NC(C(N)=S)c1ccc(Br)cc1. The van der Waals surface area contributed by atoms with Crippen LogP contribution in [-0.4, -0.2) is 10.9 Å². The van der Waals surface area contributed by atoms with Gasteiger partial charge in [0.25, 0.3) is 0 Å². The van der Waals surface area contributed by atoms with Crippen molar-refractivity contribution in [3.8, 4) is 0 Å². The molecule has 1 aromatic carbocycles. The maximum Gasteiger partial charge on any atom is 0.217 e. The van der Waals surface area contributed by atoms with Crippen LogP contribution in [0.15, 0.2) is 28.7 Å². The minimum Gasteiger partial charge on any atom is -0.391 e. The van der Waals surface area contributed by atoms with Gasteiger partial charge in [-0.2, -0.15) is 0 Å². The maximum absolute atomic E-state index is 11.0. The van der Waals surface area contributed by atoms with Crippen LogP contribution >= 0.6 is 28.1 Å². The van der Waals surface area contributed by atoms with E-state index in [9.17, 15) is 4.79 Å². The molecule has 1 rings (SSSR count). The monoisotopic (exact) mass is 286 g/mol. The zero-order chi connectivity index (χ0) is 11.4. The topological polar surface area (TPSA) is 55.1 Å². The molecular weight excluding hydrogens is 276 g/mol. The number of halogens is 1. The summed E-state index contributed by atoms with van der Waals surface area (Å²) in [4.78, 5) is 11.2. The van der Waals surface area contributed by atoms with Crippen molar-refractivity contribution in [2.75, 3.05) is 0 Å². The number of rotatable bonds is 3. The fourth-order valence-electron chi connectivity index (χ4n) is 1.18. The highest BCUT2D eigenvalue weighted by atomic mass is 79.9. The average molecular weight is 287 g/mol. The Bertz CT molecular complexity index is 378. The molecule has 0 radical (unpaired) electrons. The first-order chi connectivity index (χ1) is 7.00. The van der Waals surface area contributed by atoms with E-state index in [1.165, 1.54) is 6.92 Å². The van der Waals surface area contributed by atoms with Crippen molar-refractivity contribution in [1.82, 2.24) is 5.32 Å². The van der Waals surface area contributed by atoms with Gasteiger partial charge in [-0.3, -0.25) is 4.79 Å². The van der Waals surface area contributed by atoms with Gasteiger partial charge < -0.3 is 11.1 Å². The van der Waals surface area contributed by atoms with Crippen LogP contribution < -0.4 is 11.1 Å². The normalized spacial score (nSPS) is 11.9. The van der Waals surface area contributed by atoms with Crippen molar-refractivity contribution >= 4 is 39.0 Å². The fourth-order valence-corrected chi connectivity index (χ4v) is 1.64. The first kappa shape index (κ1) is 12.1. The van der Waals surface area contributed by atoms with Crippen LogP contribution in [-0.2, 0) is 4.79 Å². The summed E-state index contributed by atoms with van der Waals surface area (Å²) < 4.78 is 0.968. The lowest BCUT2D eigenvalue weighted by Gasteiger charge is -2.16. The molecule has 0 aliphatic carbocycles. The molecule has 1 unspecified atom stereocenters. The van der Waals surface area contributed by atoms with Crippen LogP contribution in [0.5, 0.6) is 0 Å². The third-order valence-electron chi connectivity index (χ3n) is 1.84. The molecule has 0 aliphatic rings. The van der Waals surface area contributed by atoms with E-state index in [0.717, 1.165) is 10.0 Å². The third-order valence-corrected chi connectivity index (χ3v) is 2.60. The highest BCUT2D eigenvalue weighted by Gasteiger charge is 2.14. The number of benzene rings is 1. The van der Waals surface area contributed by atoms with E-state index in [2.05, 4.69) is 21.2 Å². The molecule has 80 valence electrons. The number of hydrogen-bond donors (Lipinski definition) is 2. The summed E-state index contributed by atoms with van der Waals surface area (Å²) in [7, 11) is 0. The minimum atomic E-state index is -0.398. The molecule has 15 heavy (non-hydrogen) atoms. The van der Waals surface area contributed by atoms with Gasteiger partial charge in [0.05, 0.1) is 0 Å². The van der Waals surface area contributed by atoms with E-state index in [0.29, 0.717) is 0 Å². The number of amides is 1. The van der Waals surface area contributed by atoms with E-state index >= 15 is 0 Å². The molecule has 0 aromatic heterocycles. The predicted octanol–water partition coefficient (Wildman–Crippen LogP) is 1.91. The largest absolute Gasteiger partial charge is 0.391 e. The molecular formula is C10H11BrN2OS. The Balaban J connectivity index is 2.94. The van der Waals surface area contributed by atoms with E-state index in [-0.39, 0.29) is 10.9 Å². The van der Waals surface area contributed by atoms with Gasteiger partial charge in [-0.1, -0.05) is 40.3 Å². The van der Waals surface area contributed by atoms with Crippen LogP contribution in [0.2, 0.25) is 0 Å². The van der Waals surface area contributed by atoms with Crippen LogP contribution in [0.1, 0.15) is 18.5 Å². The molecule has 0 aliphatic heterocycles. The Morgan fingerprint density at radius 3 is 2.40 bits per heavy atom. The van der Waals surface area contributed by atoms with Crippen molar-refractivity contribution in [1.29, 1.82) is 0 Å². The summed E-state index contributed by atoms with van der Waals surface area (Å²) in [5.74, 6) is -0.157. The Morgan fingerprint density at radius 2 is 2.00 bits per heavy atom. The second kappa shape index (κ2) is 5.23. The zero-order valence-electron chi connectivity index (χ0n) is 8.16. The van der Waals surface area contributed by atoms with Crippen LogP contribution in [0.3, 0.4) is 0 Å². The van der Waals surface area contributed by atoms with Gasteiger partial charge >= 0.3 is 0 Å². The third kappa shape index (κ3) is 3.60. The van der Waals surface area contributed by atoms with E-state index in [1.807, 2.05) is 24.3 Å². The smallest absolute Gasteiger partial charge is 0.217 e. The molecule has 1 amide bonds. The number of hydrogen-bond acceptors (Lipinski definition) is 2. The van der Waals surface area contributed by atoms with Crippen LogP contribution in [0, 0.1) is 0 Å². The summed E-state index contributed by atoms with van der Waals surface area (Å²) in [5.41, 5.74) is 6.44. The minimum absolute atomic E-state index is 0.157.